The summed E-state index contributed by atoms with van der Waals surface area (Å²) < 4.78 is 0. The van der Waals surface area contributed by atoms with Gasteiger partial charge in [-0.3, -0.25) is 0 Å². The van der Waals surface area contributed by atoms with Gasteiger partial charge in [0.05, 0.1) is 0 Å². The molecule has 3 fully saturated rings. The van der Waals surface area contributed by atoms with Crippen molar-refractivity contribution >= 4 is 0 Å². The van der Waals surface area contributed by atoms with E-state index in [1.165, 1.54) is 58.0 Å². The van der Waals surface area contributed by atoms with Crippen molar-refractivity contribution in [3.05, 3.63) is 0 Å². The quantitative estimate of drug-likeness (QED) is 0.825. The molecule has 2 heteroatoms. The van der Waals surface area contributed by atoms with Gasteiger partial charge in [-0.25, -0.2) is 0 Å². The third-order valence-corrected chi connectivity index (χ3v) is 7.03. The van der Waals surface area contributed by atoms with Crippen LogP contribution >= 0.6 is 0 Å². The summed E-state index contributed by atoms with van der Waals surface area (Å²) in [6.45, 7) is 9.92. The number of nitrogens with zero attached hydrogens (tertiary/aromatic N) is 1. The lowest BCUT2D eigenvalue weighted by Gasteiger charge is -2.43. The van der Waals surface area contributed by atoms with Gasteiger partial charge >= 0.3 is 0 Å². The summed E-state index contributed by atoms with van der Waals surface area (Å²) in [7, 11) is 2.32. The van der Waals surface area contributed by atoms with Crippen molar-refractivity contribution in [2.24, 2.45) is 16.7 Å². The van der Waals surface area contributed by atoms with Gasteiger partial charge in [0, 0.05) is 25.2 Å². The Morgan fingerprint density at radius 2 is 1.80 bits per heavy atom. The highest BCUT2D eigenvalue weighted by Gasteiger charge is 2.58. The summed E-state index contributed by atoms with van der Waals surface area (Å²) >= 11 is 0. The Morgan fingerprint density at radius 3 is 2.40 bits per heavy atom. The monoisotopic (exact) mass is 278 g/mol. The van der Waals surface area contributed by atoms with Gasteiger partial charge in [-0.2, -0.15) is 0 Å². The van der Waals surface area contributed by atoms with E-state index in [9.17, 15) is 0 Å². The van der Waals surface area contributed by atoms with Crippen LogP contribution in [0.4, 0.5) is 0 Å². The largest absolute Gasteiger partial charge is 0.312 e. The van der Waals surface area contributed by atoms with Crippen molar-refractivity contribution in [2.75, 3.05) is 20.1 Å². The fraction of sp³-hybridized carbons (Fsp3) is 1.00. The van der Waals surface area contributed by atoms with Crippen LogP contribution in [0.5, 0.6) is 0 Å². The van der Waals surface area contributed by atoms with Crippen molar-refractivity contribution in [3.63, 3.8) is 0 Å². The van der Waals surface area contributed by atoms with E-state index in [-0.39, 0.29) is 0 Å². The molecule has 3 saturated carbocycles. The molecule has 0 aromatic heterocycles. The number of fused-ring (bicyclic) bond motifs is 2. The average Bonchev–Trinajstić information content (AvgIpc) is 3.05. The van der Waals surface area contributed by atoms with E-state index in [0.717, 1.165) is 18.0 Å². The van der Waals surface area contributed by atoms with E-state index in [2.05, 4.69) is 38.0 Å². The summed E-state index contributed by atoms with van der Waals surface area (Å²) in [5, 5.41) is 3.96. The number of rotatable bonds is 5. The lowest BCUT2D eigenvalue weighted by molar-refractivity contribution is 0.105. The van der Waals surface area contributed by atoms with Crippen molar-refractivity contribution in [1.29, 1.82) is 0 Å². The zero-order valence-electron chi connectivity index (χ0n) is 14.0. The molecule has 2 nitrogen and oxygen atoms in total. The molecule has 1 N–H and O–H groups in total. The maximum absolute atomic E-state index is 3.96. The van der Waals surface area contributed by atoms with Gasteiger partial charge < -0.3 is 10.2 Å². The van der Waals surface area contributed by atoms with Crippen molar-refractivity contribution in [3.8, 4) is 0 Å². The van der Waals surface area contributed by atoms with E-state index in [1.807, 2.05) is 0 Å². The zero-order valence-corrected chi connectivity index (χ0v) is 14.0. The molecule has 0 saturated heterocycles. The van der Waals surface area contributed by atoms with Gasteiger partial charge in [0.15, 0.2) is 0 Å². The highest BCUT2D eigenvalue weighted by molar-refractivity contribution is 5.12. The first-order valence-corrected chi connectivity index (χ1v) is 8.87. The molecule has 0 radical (unpaired) electrons. The molecule has 0 spiro atoms. The summed E-state index contributed by atoms with van der Waals surface area (Å²) in [6, 6.07) is 1.59. The minimum Gasteiger partial charge on any atom is -0.312 e. The van der Waals surface area contributed by atoms with Crippen LogP contribution in [-0.2, 0) is 0 Å². The molecule has 3 aliphatic rings. The molecule has 1 unspecified atom stereocenters. The second-order valence-corrected chi connectivity index (χ2v) is 8.72. The van der Waals surface area contributed by atoms with Crippen LogP contribution in [0.25, 0.3) is 0 Å². The summed E-state index contributed by atoms with van der Waals surface area (Å²) in [5.74, 6) is 0.956. The summed E-state index contributed by atoms with van der Waals surface area (Å²) in [6.07, 6.45) is 10.1. The number of hydrogen-bond donors (Lipinski definition) is 1. The maximum atomic E-state index is 3.96. The Kier molecular flexibility index (Phi) is 3.92. The Hall–Kier alpha value is -0.0800. The third-order valence-electron chi connectivity index (χ3n) is 7.03. The molecule has 116 valence electrons. The summed E-state index contributed by atoms with van der Waals surface area (Å²) in [4.78, 5) is 2.60. The van der Waals surface area contributed by atoms with Crippen LogP contribution in [0.3, 0.4) is 0 Å². The predicted molar refractivity (Wildman–Crippen MR) is 85.9 cm³/mol. The number of nitrogens with one attached hydrogen (secondary N) is 1. The third kappa shape index (κ3) is 2.43. The van der Waals surface area contributed by atoms with Gasteiger partial charge in [0.25, 0.3) is 0 Å². The van der Waals surface area contributed by atoms with Crippen LogP contribution in [-0.4, -0.2) is 37.1 Å². The molecule has 0 amide bonds. The smallest absolute Gasteiger partial charge is 0.0175 e. The van der Waals surface area contributed by atoms with Gasteiger partial charge in [-0.1, -0.05) is 33.6 Å². The fourth-order valence-electron chi connectivity index (χ4n) is 5.72. The topological polar surface area (TPSA) is 15.3 Å². The minimum absolute atomic E-state index is 0.499. The molecule has 3 aliphatic carbocycles. The minimum atomic E-state index is 0.499. The highest BCUT2D eigenvalue weighted by atomic mass is 15.1. The Morgan fingerprint density at radius 1 is 1.10 bits per heavy atom. The van der Waals surface area contributed by atoms with Crippen LogP contribution in [0.1, 0.15) is 65.7 Å². The van der Waals surface area contributed by atoms with Crippen LogP contribution in [0.2, 0.25) is 0 Å². The Labute approximate surface area is 125 Å². The molecule has 0 heterocycles. The van der Waals surface area contributed by atoms with E-state index in [0.29, 0.717) is 10.8 Å². The second kappa shape index (κ2) is 5.28. The van der Waals surface area contributed by atoms with Crippen LogP contribution in [0.15, 0.2) is 0 Å². The summed E-state index contributed by atoms with van der Waals surface area (Å²) in [5.41, 5.74) is 1.07. The highest BCUT2D eigenvalue weighted by Crippen LogP contribution is 2.62. The number of likely N-dealkylation sites (N-methyl/N-ethyl adjacent to an activating group) is 1. The SMILES string of the molecule is CN(CCNC1C(C)(C)[C@H]2CC[C@]1(C)C2)C1CCCC1. The normalized spacial score (nSPS) is 40.0. The van der Waals surface area contributed by atoms with Crippen LogP contribution < -0.4 is 5.32 Å². The molecule has 0 aromatic carbocycles. The molecular formula is C18H34N2. The standard InChI is InChI=1S/C18H34N2/c1-17(2)14-9-10-18(3,13-14)16(17)19-11-12-20(4)15-7-5-6-8-15/h14-16,19H,5-13H2,1-4H3/t14-,16?,18+/m0/s1. The van der Waals surface area contributed by atoms with Gasteiger partial charge in [0.1, 0.15) is 0 Å². The van der Waals surface area contributed by atoms with Crippen molar-refractivity contribution < 1.29 is 0 Å². The maximum Gasteiger partial charge on any atom is 0.0175 e. The van der Waals surface area contributed by atoms with E-state index >= 15 is 0 Å². The van der Waals surface area contributed by atoms with E-state index < -0.39 is 0 Å². The van der Waals surface area contributed by atoms with Gasteiger partial charge in [-0.15, -0.1) is 0 Å². The molecule has 20 heavy (non-hydrogen) atoms. The molecule has 3 atom stereocenters. The average molecular weight is 278 g/mol. The predicted octanol–water partition coefficient (Wildman–Crippen LogP) is 3.67. The lowest BCUT2D eigenvalue weighted by atomic mass is 9.68. The fourth-order valence-corrected chi connectivity index (χ4v) is 5.72. The van der Waals surface area contributed by atoms with Crippen molar-refractivity contribution in [2.45, 2.75) is 77.8 Å². The Bertz CT molecular complexity index is 341. The molecule has 2 bridgehead atoms. The van der Waals surface area contributed by atoms with Gasteiger partial charge in [-0.05, 0) is 55.9 Å². The lowest BCUT2D eigenvalue weighted by Crippen LogP contribution is -2.52. The number of hydrogen-bond acceptors (Lipinski definition) is 2. The van der Waals surface area contributed by atoms with Crippen molar-refractivity contribution in [1.82, 2.24) is 10.2 Å². The zero-order chi connectivity index (χ0) is 14.4. The first-order valence-electron chi connectivity index (χ1n) is 8.87. The first-order chi connectivity index (χ1) is 9.43. The molecular weight excluding hydrogens is 244 g/mol. The molecule has 0 aromatic rings. The second-order valence-electron chi connectivity index (χ2n) is 8.72. The van der Waals surface area contributed by atoms with E-state index in [4.69, 9.17) is 0 Å². The van der Waals surface area contributed by atoms with E-state index in [1.54, 1.807) is 0 Å². The molecule has 0 aliphatic heterocycles. The first kappa shape index (κ1) is 14.8. The Balaban J connectivity index is 1.50. The van der Waals surface area contributed by atoms with Crippen LogP contribution in [0, 0.1) is 16.7 Å². The van der Waals surface area contributed by atoms with Gasteiger partial charge in [0.2, 0.25) is 0 Å². The molecule has 3 rings (SSSR count).